The molecule has 1 saturated heterocycles. The van der Waals surface area contributed by atoms with Gasteiger partial charge < -0.3 is 14.8 Å². The average Bonchev–Trinajstić information content (AvgIpc) is 2.63. The van der Waals surface area contributed by atoms with E-state index in [4.69, 9.17) is 9.47 Å². The molecule has 2 aromatic rings. The van der Waals surface area contributed by atoms with Crippen molar-refractivity contribution in [3.8, 4) is 11.1 Å². The fraction of sp³-hybridized carbons (Fsp3) is 0.316. The highest BCUT2D eigenvalue weighted by atomic mass is 16.6. The largest absolute Gasteiger partial charge is 0.376 e. The maximum Gasteiger partial charge on any atom is 0.251 e. The van der Waals surface area contributed by atoms with Crippen molar-refractivity contribution in [1.29, 1.82) is 0 Å². The Morgan fingerprint density at radius 2 is 1.87 bits per heavy atom. The second kappa shape index (κ2) is 7.90. The molecule has 1 fully saturated rings. The van der Waals surface area contributed by atoms with Gasteiger partial charge in [0, 0.05) is 6.54 Å². The molecule has 120 valence electrons. The molecule has 2 aromatic carbocycles. The second-order valence-electron chi connectivity index (χ2n) is 5.54. The minimum absolute atomic E-state index is 0.0936. The van der Waals surface area contributed by atoms with E-state index in [1.807, 2.05) is 18.2 Å². The summed E-state index contributed by atoms with van der Waals surface area (Å²) in [7, 11) is 0. The number of hydrogen-bond donors (Lipinski definition) is 1. The van der Waals surface area contributed by atoms with Crippen LogP contribution in [0.25, 0.3) is 11.1 Å². The van der Waals surface area contributed by atoms with Crippen LogP contribution < -0.4 is 5.32 Å². The van der Waals surface area contributed by atoms with E-state index in [0.717, 1.165) is 6.42 Å². The van der Waals surface area contributed by atoms with E-state index >= 15 is 0 Å². The predicted octanol–water partition coefficient (Wildman–Crippen LogP) is 2.43. The van der Waals surface area contributed by atoms with E-state index < -0.39 is 6.10 Å². The molecule has 1 atom stereocenters. The fourth-order valence-corrected chi connectivity index (χ4v) is 2.62. The van der Waals surface area contributed by atoms with Crippen molar-refractivity contribution in [2.45, 2.75) is 12.5 Å². The Labute approximate surface area is 136 Å². The third kappa shape index (κ3) is 4.41. The van der Waals surface area contributed by atoms with Gasteiger partial charge in [-0.15, -0.1) is 0 Å². The first-order valence-corrected chi connectivity index (χ1v) is 7.94. The zero-order valence-electron chi connectivity index (χ0n) is 13.0. The van der Waals surface area contributed by atoms with E-state index in [2.05, 4.69) is 41.7 Å². The van der Waals surface area contributed by atoms with Gasteiger partial charge >= 0.3 is 0 Å². The molecule has 1 unspecified atom stereocenters. The van der Waals surface area contributed by atoms with Crippen LogP contribution >= 0.6 is 0 Å². The van der Waals surface area contributed by atoms with Crippen LogP contribution in [-0.4, -0.2) is 38.4 Å². The summed E-state index contributed by atoms with van der Waals surface area (Å²) in [6, 6.07) is 18.7. The van der Waals surface area contributed by atoms with Crippen LogP contribution in [-0.2, 0) is 20.7 Å². The van der Waals surface area contributed by atoms with E-state index in [1.54, 1.807) is 0 Å². The molecule has 0 bridgehead atoms. The molecule has 1 aliphatic heterocycles. The number of benzene rings is 2. The summed E-state index contributed by atoms with van der Waals surface area (Å²) >= 11 is 0. The first-order chi connectivity index (χ1) is 11.3. The van der Waals surface area contributed by atoms with Gasteiger partial charge in [0.25, 0.3) is 5.91 Å². The quantitative estimate of drug-likeness (QED) is 0.922. The number of amides is 1. The van der Waals surface area contributed by atoms with Crippen molar-refractivity contribution < 1.29 is 14.3 Å². The average molecular weight is 311 g/mol. The Morgan fingerprint density at radius 1 is 1.04 bits per heavy atom. The summed E-state index contributed by atoms with van der Waals surface area (Å²) in [4.78, 5) is 12.0. The van der Waals surface area contributed by atoms with Crippen LogP contribution in [0.1, 0.15) is 5.56 Å². The van der Waals surface area contributed by atoms with Crippen molar-refractivity contribution in [1.82, 2.24) is 5.32 Å². The summed E-state index contributed by atoms with van der Waals surface area (Å²) < 4.78 is 10.6. The first-order valence-electron chi connectivity index (χ1n) is 7.94. The highest BCUT2D eigenvalue weighted by Crippen LogP contribution is 2.20. The van der Waals surface area contributed by atoms with E-state index in [9.17, 15) is 4.79 Å². The Bertz CT molecular complexity index is 636. The normalized spacial score (nSPS) is 17.7. The predicted molar refractivity (Wildman–Crippen MR) is 89.2 cm³/mol. The molecule has 0 spiro atoms. The maximum atomic E-state index is 12.0. The Morgan fingerprint density at radius 3 is 2.65 bits per heavy atom. The number of carbonyl (C=O) groups is 1. The third-order valence-corrected chi connectivity index (χ3v) is 3.86. The van der Waals surface area contributed by atoms with Gasteiger partial charge in [-0.2, -0.15) is 0 Å². The Kier molecular flexibility index (Phi) is 5.40. The summed E-state index contributed by atoms with van der Waals surface area (Å²) in [5.74, 6) is -0.0936. The topological polar surface area (TPSA) is 47.6 Å². The molecular formula is C19H21NO3. The molecule has 1 aliphatic rings. The van der Waals surface area contributed by atoms with Crippen LogP contribution in [0.5, 0.6) is 0 Å². The van der Waals surface area contributed by atoms with E-state index in [-0.39, 0.29) is 5.91 Å². The first kappa shape index (κ1) is 15.7. The van der Waals surface area contributed by atoms with Crippen LogP contribution in [0, 0.1) is 0 Å². The molecular weight excluding hydrogens is 290 g/mol. The van der Waals surface area contributed by atoms with Crippen molar-refractivity contribution in [3.05, 3.63) is 60.2 Å². The van der Waals surface area contributed by atoms with Gasteiger partial charge in [-0.25, -0.2) is 0 Å². The highest BCUT2D eigenvalue weighted by Gasteiger charge is 2.21. The summed E-state index contributed by atoms with van der Waals surface area (Å²) in [5.41, 5.74) is 3.59. The lowest BCUT2D eigenvalue weighted by Gasteiger charge is -2.22. The summed E-state index contributed by atoms with van der Waals surface area (Å²) in [6.07, 6.45) is 0.319. The van der Waals surface area contributed by atoms with Gasteiger partial charge in [-0.3, -0.25) is 4.79 Å². The van der Waals surface area contributed by atoms with E-state index in [1.165, 1.54) is 16.7 Å². The van der Waals surface area contributed by atoms with Gasteiger partial charge in [0.05, 0.1) is 19.8 Å². The smallest absolute Gasteiger partial charge is 0.251 e. The molecule has 0 aromatic heterocycles. The summed E-state index contributed by atoms with van der Waals surface area (Å²) in [6.45, 7) is 1.99. The lowest BCUT2D eigenvalue weighted by molar-refractivity contribution is -0.147. The minimum Gasteiger partial charge on any atom is -0.376 e. The Hall–Kier alpha value is -2.17. The molecule has 4 nitrogen and oxygen atoms in total. The number of ether oxygens (including phenoxy) is 2. The van der Waals surface area contributed by atoms with Gasteiger partial charge in [-0.1, -0.05) is 54.6 Å². The molecule has 1 amide bonds. The fourth-order valence-electron chi connectivity index (χ4n) is 2.62. The molecule has 0 saturated carbocycles. The molecule has 3 rings (SSSR count). The van der Waals surface area contributed by atoms with Crippen LogP contribution in [0.15, 0.2) is 54.6 Å². The van der Waals surface area contributed by atoms with Gasteiger partial charge in [-0.05, 0) is 23.1 Å². The monoisotopic (exact) mass is 311 g/mol. The van der Waals surface area contributed by atoms with Gasteiger partial charge in [0.1, 0.15) is 0 Å². The van der Waals surface area contributed by atoms with Crippen molar-refractivity contribution in [3.63, 3.8) is 0 Å². The maximum absolute atomic E-state index is 12.0. The highest BCUT2D eigenvalue weighted by molar-refractivity contribution is 5.81. The van der Waals surface area contributed by atoms with Crippen LogP contribution in [0.3, 0.4) is 0 Å². The lowest BCUT2D eigenvalue weighted by atomic mass is 10.0. The number of nitrogens with one attached hydrogen (secondary N) is 1. The molecule has 0 radical (unpaired) electrons. The van der Waals surface area contributed by atoms with Gasteiger partial charge in [0.2, 0.25) is 0 Å². The number of rotatable bonds is 5. The van der Waals surface area contributed by atoms with E-state index in [0.29, 0.717) is 26.4 Å². The van der Waals surface area contributed by atoms with Crippen molar-refractivity contribution in [2.24, 2.45) is 0 Å². The summed E-state index contributed by atoms with van der Waals surface area (Å²) in [5, 5.41) is 2.92. The molecule has 1 N–H and O–H groups in total. The third-order valence-electron chi connectivity index (χ3n) is 3.86. The molecule has 23 heavy (non-hydrogen) atoms. The molecule has 4 heteroatoms. The second-order valence-corrected chi connectivity index (χ2v) is 5.54. The van der Waals surface area contributed by atoms with Crippen LogP contribution in [0.2, 0.25) is 0 Å². The number of carbonyl (C=O) groups excluding carboxylic acids is 1. The minimum atomic E-state index is -0.473. The zero-order chi connectivity index (χ0) is 15.9. The molecule has 1 heterocycles. The molecule has 0 aliphatic carbocycles. The van der Waals surface area contributed by atoms with Crippen molar-refractivity contribution >= 4 is 5.91 Å². The lowest BCUT2D eigenvalue weighted by Crippen LogP contribution is -2.43. The van der Waals surface area contributed by atoms with Crippen molar-refractivity contribution in [2.75, 3.05) is 26.4 Å². The number of hydrogen-bond acceptors (Lipinski definition) is 3. The SMILES string of the molecule is O=C(NCCc1cccc(-c2ccccc2)c1)C1COCCO1. The van der Waals surface area contributed by atoms with Crippen LogP contribution in [0.4, 0.5) is 0 Å². The zero-order valence-corrected chi connectivity index (χ0v) is 13.0. The van der Waals surface area contributed by atoms with Gasteiger partial charge in [0.15, 0.2) is 6.10 Å². The standard InChI is InChI=1S/C19H21NO3/c21-19(18-14-22-11-12-23-18)20-10-9-15-5-4-8-17(13-15)16-6-2-1-3-7-16/h1-8,13,18H,9-12,14H2,(H,20,21). The Balaban J connectivity index is 1.53.